The normalized spacial score (nSPS) is 10.6. The van der Waals surface area contributed by atoms with E-state index in [1.807, 2.05) is 38.1 Å². The Labute approximate surface area is 162 Å². The average Bonchev–Trinajstić information content (AvgIpc) is 3.12. The molecule has 0 atom stereocenters. The Morgan fingerprint density at radius 2 is 1.96 bits per heavy atom. The van der Waals surface area contributed by atoms with Gasteiger partial charge in [-0.1, -0.05) is 16.8 Å². The monoisotopic (exact) mass is 386 g/mol. The van der Waals surface area contributed by atoms with Gasteiger partial charge in [-0.15, -0.1) is 0 Å². The molecular formula is C20H19ClN2O4. The molecule has 0 aliphatic carbocycles. The molecule has 7 heteroatoms. The van der Waals surface area contributed by atoms with Crippen molar-refractivity contribution >= 4 is 17.6 Å². The summed E-state index contributed by atoms with van der Waals surface area (Å²) < 4.78 is 16.0. The molecule has 0 N–H and O–H groups in total. The zero-order chi connectivity index (χ0) is 19.2. The van der Waals surface area contributed by atoms with Crippen LogP contribution in [0.2, 0.25) is 5.02 Å². The lowest BCUT2D eigenvalue weighted by Gasteiger charge is -2.06. The van der Waals surface area contributed by atoms with Gasteiger partial charge in [-0.2, -0.15) is 4.98 Å². The molecule has 3 aromatic rings. The zero-order valence-corrected chi connectivity index (χ0v) is 15.8. The molecule has 0 saturated heterocycles. The third kappa shape index (κ3) is 5.08. The van der Waals surface area contributed by atoms with Crippen LogP contribution in [0.3, 0.4) is 0 Å². The van der Waals surface area contributed by atoms with Gasteiger partial charge in [-0.25, -0.2) is 0 Å². The van der Waals surface area contributed by atoms with Gasteiger partial charge >= 0.3 is 5.97 Å². The Bertz CT molecular complexity index is 922. The Hall–Kier alpha value is -2.86. The number of carbonyl (C=O) groups excluding carboxylic acids is 1. The highest BCUT2D eigenvalue weighted by atomic mass is 35.5. The minimum Gasteiger partial charge on any atom is -0.494 e. The van der Waals surface area contributed by atoms with E-state index in [0.717, 1.165) is 16.9 Å². The van der Waals surface area contributed by atoms with Crippen molar-refractivity contribution in [2.45, 2.75) is 26.7 Å². The van der Waals surface area contributed by atoms with E-state index in [4.69, 9.17) is 25.6 Å². The summed E-state index contributed by atoms with van der Waals surface area (Å²) in [4.78, 5) is 16.4. The summed E-state index contributed by atoms with van der Waals surface area (Å²) in [6, 6.07) is 12.5. The molecule has 0 spiro atoms. The Balaban J connectivity index is 1.56. The first-order valence-electron chi connectivity index (χ1n) is 8.58. The first kappa shape index (κ1) is 18.9. The van der Waals surface area contributed by atoms with Crippen molar-refractivity contribution in [3.63, 3.8) is 0 Å². The summed E-state index contributed by atoms with van der Waals surface area (Å²) in [5, 5.41) is 4.55. The quantitative estimate of drug-likeness (QED) is 0.435. The van der Waals surface area contributed by atoms with Crippen LogP contribution in [0, 0.1) is 6.92 Å². The fraction of sp³-hybridized carbons (Fsp3) is 0.250. The van der Waals surface area contributed by atoms with Crippen LogP contribution in [0.25, 0.3) is 11.4 Å². The number of benzene rings is 2. The van der Waals surface area contributed by atoms with Gasteiger partial charge in [0.25, 0.3) is 0 Å². The van der Waals surface area contributed by atoms with Crippen LogP contribution in [-0.4, -0.2) is 22.7 Å². The molecule has 0 aliphatic rings. The molecule has 2 aromatic carbocycles. The predicted octanol–water partition coefficient (Wildman–Crippen LogP) is 4.64. The van der Waals surface area contributed by atoms with Gasteiger partial charge in [0.15, 0.2) is 0 Å². The largest absolute Gasteiger partial charge is 0.494 e. The van der Waals surface area contributed by atoms with Crippen molar-refractivity contribution in [3.05, 3.63) is 58.9 Å². The predicted molar refractivity (Wildman–Crippen MR) is 101 cm³/mol. The SMILES string of the molecule is CCOc1ccc(-c2noc(CCC(=O)Oc3ccc(Cl)cc3C)n2)cc1. The smallest absolute Gasteiger partial charge is 0.311 e. The number of nitrogens with zero attached hydrogens (tertiary/aromatic N) is 2. The van der Waals surface area contributed by atoms with E-state index in [2.05, 4.69) is 10.1 Å². The van der Waals surface area contributed by atoms with E-state index in [1.165, 1.54) is 0 Å². The molecule has 0 unspecified atom stereocenters. The fourth-order valence-electron chi connectivity index (χ4n) is 2.45. The molecule has 0 bridgehead atoms. The van der Waals surface area contributed by atoms with Crippen molar-refractivity contribution in [1.82, 2.24) is 10.1 Å². The molecule has 0 aliphatic heterocycles. The Morgan fingerprint density at radius 3 is 2.67 bits per heavy atom. The fourth-order valence-corrected chi connectivity index (χ4v) is 2.68. The molecule has 1 heterocycles. The average molecular weight is 387 g/mol. The van der Waals surface area contributed by atoms with Crippen LogP contribution in [0.5, 0.6) is 11.5 Å². The molecular weight excluding hydrogens is 368 g/mol. The van der Waals surface area contributed by atoms with Crippen molar-refractivity contribution < 1.29 is 18.8 Å². The molecule has 0 saturated carbocycles. The second kappa shape index (κ2) is 8.68. The summed E-state index contributed by atoms with van der Waals surface area (Å²) in [5.74, 6) is 1.75. The Morgan fingerprint density at radius 1 is 1.19 bits per heavy atom. The van der Waals surface area contributed by atoms with Crippen molar-refractivity contribution in [2.24, 2.45) is 0 Å². The highest BCUT2D eigenvalue weighted by molar-refractivity contribution is 6.30. The third-order valence-corrected chi connectivity index (χ3v) is 4.03. The lowest BCUT2D eigenvalue weighted by Crippen LogP contribution is -2.10. The molecule has 1 aromatic heterocycles. The van der Waals surface area contributed by atoms with Gasteiger partial charge in [0.05, 0.1) is 13.0 Å². The first-order chi connectivity index (χ1) is 13.0. The second-order valence-corrected chi connectivity index (χ2v) is 6.29. The van der Waals surface area contributed by atoms with E-state index < -0.39 is 0 Å². The zero-order valence-electron chi connectivity index (χ0n) is 15.1. The first-order valence-corrected chi connectivity index (χ1v) is 8.95. The topological polar surface area (TPSA) is 74.5 Å². The summed E-state index contributed by atoms with van der Waals surface area (Å²) >= 11 is 5.90. The van der Waals surface area contributed by atoms with Crippen molar-refractivity contribution in [1.29, 1.82) is 0 Å². The Kier molecular flexibility index (Phi) is 6.08. The summed E-state index contributed by atoms with van der Waals surface area (Å²) in [6.07, 6.45) is 0.433. The summed E-state index contributed by atoms with van der Waals surface area (Å²) in [5.41, 5.74) is 1.61. The van der Waals surface area contributed by atoms with Crippen LogP contribution >= 0.6 is 11.6 Å². The summed E-state index contributed by atoms with van der Waals surface area (Å²) in [6.45, 7) is 4.37. The number of esters is 1. The maximum Gasteiger partial charge on any atom is 0.311 e. The van der Waals surface area contributed by atoms with Crippen LogP contribution in [0.4, 0.5) is 0 Å². The van der Waals surface area contributed by atoms with Gasteiger partial charge in [-0.3, -0.25) is 4.79 Å². The van der Waals surface area contributed by atoms with Gasteiger partial charge < -0.3 is 14.0 Å². The van der Waals surface area contributed by atoms with E-state index in [-0.39, 0.29) is 12.4 Å². The van der Waals surface area contributed by atoms with Crippen LogP contribution in [-0.2, 0) is 11.2 Å². The van der Waals surface area contributed by atoms with Gasteiger partial charge in [-0.05, 0) is 61.9 Å². The number of aryl methyl sites for hydroxylation is 2. The highest BCUT2D eigenvalue weighted by Crippen LogP contribution is 2.23. The van der Waals surface area contributed by atoms with Gasteiger partial charge in [0.1, 0.15) is 11.5 Å². The van der Waals surface area contributed by atoms with Gasteiger partial charge in [0, 0.05) is 17.0 Å². The number of carbonyl (C=O) groups is 1. The number of hydrogen-bond donors (Lipinski definition) is 0. The molecule has 27 heavy (non-hydrogen) atoms. The highest BCUT2D eigenvalue weighted by Gasteiger charge is 2.13. The molecule has 3 rings (SSSR count). The number of hydrogen-bond acceptors (Lipinski definition) is 6. The number of rotatable bonds is 7. The van der Waals surface area contributed by atoms with E-state index in [9.17, 15) is 4.79 Å². The molecule has 6 nitrogen and oxygen atoms in total. The lowest BCUT2D eigenvalue weighted by atomic mass is 10.2. The van der Waals surface area contributed by atoms with Crippen LogP contribution in [0.1, 0.15) is 24.8 Å². The van der Waals surface area contributed by atoms with Crippen LogP contribution in [0.15, 0.2) is 47.0 Å². The van der Waals surface area contributed by atoms with E-state index in [0.29, 0.717) is 35.5 Å². The molecule has 0 fully saturated rings. The van der Waals surface area contributed by atoms with E-state index in [1.54, 1.807) is 18.2 Å². The maximum absolute atomic E-state index is 12.0. The van der Waals surface area contributed by atoms with Crippen LogP contribution < -0.4 is 9.47 Å². The number of ether oxygens (including phenoxy) is 2. The van der Waals surface area contributed by atoms with E-state index >= 15 is 0 Å². The lowest BCUT2D eigenvalue weighted by molar-refractivity contribution is -0.134. The molecule has 140 valence electrons. The molecule has 0 amide bonds. The van der Waals surface area contributed by atoms with Gasteiger partial charge in [0.2, 0.25) is 11.7 Å². The standard InChI is InChI=1S/C20H19ClN2O4/c1-3-25-16-7-4-14(5-8-16)20-22-18(27-23-20)10-11-19(24)26-17-9-6-15(21)12-13(17)2/h4-9,12H,3,10-11H2,1-2H3. The summed E-state index contributed by atoms with van der Waals surface area (Å²) in [7, 11) is 0. The third-order valence-electron chi connectivity index (χ3n) is 3.80. The number of halogens is 1. The minimum atomic E-state index is -0.374. The van der Waals surface area contributed by atoms with Crippen molar-refractivity contribution in [3.8, 4) is 22.9 Å². The molecule has 0 radical (unpaired) electrons. The van der Waals surface area contributed by atoms with Crippen molar-refractivity contribution in [2.75, 3.05) is 6.61 Å². The maximum atomic E-state index is 12.0. The number of aromatic nitrogens is 2. The second-order valence-electron chi connectivity index (χ2n) is 5.85. The minimum absolute atomic E-state index is 0.132.